The smallest absolute Gasteiger partial charge is 0.0136 e. The molecule has 0 aliphatic rings. The Balaban J connectivity index is 2.75. The molecule has 1 unspecified atom stereocenters. The number of benzene rings is 1. The van der Waals surface area contributed by atoms with Crippen LogP contribution in [0.3, 0.4) is 0 Å². The summed E-state index contributed by atoms with van der Waals surface area (Å²) in [7, 11) is 0. The van der Waals surface area contributed by atoms with Gasteiger partial charge >= 0.3 is 0 Å². The molecule has 0 fully saturated rings. The van der Waals surface area contributed by atoms with Crippen molar-refractivity contribution in [3.63, 3.8) is 0 Å². The van der Waals surface area contributed by atoms with Crippen LogP contribution in [0.25, 0.3) is 0 Å². The van der Waals surface area contributed by atoms with E-state index in [0.717, 1.165) is 18.9 Å². The third-order valence-corrected chi connectivity index (χ3v) is 4.46. The number of likely N-dealkylation sites (N-methyl/N-ethyl adjacent to an activating group) is 1. The fourth-order valence-electron chi connectivity index (χ4n) is 3.25. The molecule has 0 aliphatic heterocycles. The van der Waals surface area contributed by atoms with Gasteiger partial charge in [0.2, 0.25) is 0 Å². The van der Waals surface area contributed by atoms with Crippen molar-refractivity contribution < 1.29 is 0 Å². The molecule has 1 heteroatoms. The average molecular weight is 290 g/mol. The molecule has 0 amide bonds. The van der Waals surface area contributed by atoms with Crippen LogP contribution in [0.15, 0.2) is 24.3 Å². The molecule has 0 aromatic heterocycles. The minimum Gasteiger partial charge on any atom is -0.314 e. The van der Waals surface area contributed by atoms with Crippen LogP contribution in [-0.2, 0) is 6.42 Å². The monoisotopic (exact) mass is 289 g/mol. The van der Waals surface area contributed by atoms with Gasteiger partial charge in [-0.2, -0.15) is 0 Å². The first-order valence-electron chi connectivity index (χ1n) is 8.94. The summed E-state index contributed by atoms with van der Waals surface area (Å²) in [5.41, 5.74) is 2.92. The summed E-state index contributed by atoms with van der Waals surface area (Å²) < 4.78 is 0. The predicted octanol–water partition coefficient (Wildman–Crippen LogP) is 5.55. The van der Waals surface area contributed by atoms with Gasteiger partial charge in [-0.3, -0.25) is 0 Å². The van der Waals surface area contributed by atoms with Gasteiger partial charge in [0.25, 0.3) is 0 Å². The van der Waals surface area contributed by atoms with E-state index in [1.165, 1.54) is 36.8 Å². The van der Waals surface area contributed by atoms with Crippen molar-refractivity contribution in [3.05, 3.63) is 35.4 Å². The van der Waals surface area contributed by atoms with Crippen LogP contribution >= 0.6 is 0 Å². The molecular weight excluding hydrogens is 254 g/mol. The van der Waals surface area contributed by atoms with Crippen LogP contribution in [0.2, 0.25) is 0 Å². The third kappa shape index (κ3) is 6.22. The predicted molar refractivity (Wildman–Crippen MR) is 95.0 cm³/mol. The maximum Gasteiger partial charge on any atom is 0.0136 e. The molecule has 0 spiro atoms. The van der Waals surface area contributed by atoms with E-state index in [1.807, 2.05) is 0 Å². The van der Waals surface area contributed by atoms with E-state index in [4.69, 9.17) is 0 Å². The lowest BCUT2D eigenvalue weighted by Gasteiger charge is -2.28. The van der Waals surface area contributed by atoms with Crippen molar-refractivity contribution in [2.24, 2.45) is 5.92 Å². The summed E-state index contributed by atoms with van der Waals surface area (Å²) in [4.78, 5) is 0. The highest BCUT2D eigenvalue weighted by atomic mass is 14.9. The van der Waals surface area contributed by atoms with Crippen LogP contribution in [0.5, 0.6) is 0 Å². The molecule has 1 atom stereocenters. The van der Waals surface area contributed by atoms with Gasteiger partial charge in [0.05, 0.1) is 0 Å². The zero-order chi connectivity index (χ0) is 15.7. The molecule has 0 radical (unpaired) electrons. The summed E-state index contributed by atoms with van der Waals surface area (Å²) >= 11 is 0. The van der Waals surface area contributed by atoms with Crippen molar-refractivity contribution in [1.29, 1.82) is 0 Å². The van der Waals surface area contributed by atoms with E-state index in [0.29, 0.717) is 12.0 Å². The highest BCUT2D eigenvalue weighted by Crippen LogP contribution is 2.22. The second-order valence-electron chi connectivity index (χ2n) is 6.60. The topological polar surface area (TPSA) is 12.0 Å². The molecule has 1 aromatic carbocycles. The molecule has 1 aromatic rings. The fourth-order valence-corrected chi connectivity index (χ4v) is 3.25. The number of hydrogen-bond acceptors (Lipinski definition) is 1. The number of hydrogen-bond donors (Lipinski definition) is 1. The molecule has 0 aliphatic carbocycles. The summed E-state index contributed by atoms with van der Waals surface area (Å²) in [6.07, 6.45) is 6.43. The summed E-state index contributed by atoms with van der Waals surface area (Å²) in [6, 6.07) is 9.89. The molecule has 21 heavy (non-hydrogen) atoms. The van der Waals surface area contributed by atoms with Gasteiger partial charge < -0.3 is 5.32 Å². The minimum atomic E-state index is 0.622. The lowest BCUT2D eigenvalue weighted by molar-refractivity contribution is 0.312. The molecule has 0 heterocycles. The van der Waals surface area contributed by atoms with Crippen molar-refractivity contribution in [3.8, 4) is 0 Å². The van der Waals surface area contributed by atoms with Crippen LogP contribution < -0.4 is 5.32 Å². The highest BCUT2D eigenvalue weighted by Gasteiger charge is 2.19. The Morgan fingerprint density at radius 1 is 0.905 bits per heavy atom. The Labute approximate surface area is 132 Å². The van der Waals surface area contributed by atoms with E-state index < -0.39 is 0 Å². The molecule has 120 valence electrons. The van der Waals surface area contributed by atoms with E-state index in [1.54, 1.807) is 0 Å². The summed E-state index contributed by atoms with van der Waals surface area (Å²) in [5.74, 6) is 1.43. The maximum atomic E-state index is 3.74. The Morgan fingerprint density at radius 3 is 1.90 bits per heavy atom. The number of nitrogens with one attached hydrogen (secondary N) is 1. The largest absolute Gasteiger partial charge is 0.314 e. The summed E-state index contributed by atoms with van der Waals surface area (Å²) in [6.45, 7) is 12.4. The SMILES string of the molecule is CCCC(CCC)C(Cc1ccc(C(C)C)cc1)NCC. The second-order valence-corrected chi connectivity index (χ2v) is 6.60. The van der Waals surface area contributed by atoms with Gasteiger partial charge in [0, 0.05) is 6.04 Å². The van der Waals surface area contributed by atoms with Crippen molar-refractivity contribution in [1.82, 2.24) is 5.32 Å². The molecule has 1 rings (SSSR count). The van der Waals surface area contributed by atoms with Crippen LogP contribution in [0.1, 0.15) is 77.3 Å². The zero-order valence-corrected chi connectivity index (χ0v) is 14.8. The van der Waals surface area contributed by atoms with Crippen LogP contribution in [-0.4, -0.2) is 12.6 Å². The third-order valence-electron chi connectivity index (χ3n) is 4.46. The van der Waals surface area contributed by atoms with Gasteiger partial charge in [-0.1, -0.05) is 71.7 Å². The van der Waals surface area contributed by atoms with E-state index in [2.05, 4.69) is 64.2 Å². The molecule has 0 saturated heterocycles. The van der Waals surface area contributed by atoms with Crippen molar-refractivity contribution >= 4 is 0 Å². The zero-order valence-electron chi connectivity index (χ0n) is 14.8. The second kappa shape index (κ2) is 10.00. The van der Waals surface area contributed by atoms with E-state index >= 15 is 0 Å². The maximum absolute atomic E-state index is 3.74. The van der Waals surface area contributed by atoms with Gasteiger partial charge in [0.1, 0.15) is 0 Å². The van der Waals surface area contributed by atoms with Gasteiger partial charge in [-0.15, -0.1) is 0 Å². The van der Waals surface area contributed by atoms with Crippen molar-refractivity contribution in [2.75, 3.05) is 6.54 Å². The first-order valence-corrected chi connectivity index (χ1v) is 8.94. The first-order chi connectivity index (χ1) is 10.1. The van der Waals surface area contributed by atoms with Crippen LogP contribution in [0.4, 0.5) is 0 Å². The molecule has 0 saturated carbocycles. The average Bonchev–Trinajstić information content (AvgIpc) is 2.47. The molecular formula is C20H35N. The number of rotatable bonds is 10. The van der Waals surface area contributed by atoms with Gasteiger partial charge in [0.15, 0.2) is 0 Å². The minimum absolute atomic E-state index is 0.622. The molecule has 1 N–H and O–H groups in total. The Bertz CT molecular complexity index is 360. The Kier molecular flexibility index (Phi) is 8.68. The quantitative estimate of drug-likeness (QED) is 0.595. The van der Waals surface area contributed by atoms with Crippen molar-refractivity contribution in [2.45, 2.75) is 78.7 Å². The normalized spacial score (nSPS) is 13.1. The molecule has 0 bridgehead atoms. The Morgan fingerprint density at radius 2 is 1.48 bits per heavy atom. The first kappa shape index (κ1) is 18.2. The van der Waals surface area contributed by atoms with E-state index in [-0.39, 0.29) is 0 Å². The lowest BCUT2D eigenvalue weighted by Crippen LogP contribution is -2.38. The fraction of sp³-hybridized carbons (Fsp3) is 0.700. The highest BCUT2D eigenvalue weighted by molar-refractivity contribution is 5.25. The summed E-state index contributed by atoms with van der Waals surface area (Å²) in [5, 5.41) is 3.74. The molecule has 1 nitrogen and oxygen atoms in total. The van der Waals surface area contributed by atoms with Gasteiger partial charge in [-0.25, -0.2) is 0 Å². The van der Waals surface area contributed by atoms with Crippen LogP contribution in [0, 0.1) is 5.92 Å². The standard InChI is InChI=1S/C20H35N/c1-6-9-19(10-7-2)20(21-8-3)15-17-11-13-18(14-12-17)16(4)5/h11-14,16,19-21H,6-10,15H2,1-5H3. The van der Waals surface area contributed by atoms with Gasteiger partial charge in [-0.05, 0) is 48.8 Å². The van der Waals surface area contributed by atoms with E-state index in [9.17, 15) is 0 Å². The Hall–Kier alpha value is -0.820. The lowest BCUT2D eigenvalue weighted by atomic mass is 9.86.